The molecule has 0 aliphatic heterocycles. The van der Waals surface area contributed by atoms with E-state index in [1.54, 1.807) is 0 Å². The van der Waals surface area contributed by atoms with E-state index in [0.29, 0.717) is 0 Å². The minimum atomic E-state index is -4.89. The van der Waals surface area contributed by atoms with Crippen molar-refractivity contribution in [3.05, 3.63) is 0 Å². The molecular formula is H5F2FeNO4P. The second kappa shape index (κ2) is 11.3. The summed E-state index contributed by atoms with van der Waals surface area (Å²) in [6, 6.07) is 0. The zero-order chi connectivity index (χ0) is 4.50. The van der Waals surface area contributed by atoms with E-state index >= 15 is 0 Å². The Bertz CT molecular complexity index is 64.7. The molecule has 5 nitrogen and oxygen atoms in total. The molecule has 1 radical (unpaired) electrons. The SMILES string of the molecule is N.O=P([O-])(O)O.[F-].[F-].[Fe+3]. The van der Waals surface area contributed by atoms with E-state index in [-0.39, 0.29) is 32.6 Å². The van der Waals surface area contributed by atoms with Crippen LogP contribution in [0.2, 0.25) is 0 Å². The van der Waals surface area contributed by atoms with Crippen molar-refractivity contribution in [3.8, 4) is 0 Å². The van der Waals surface area contributed by atoms with Gasteiger partial charge in [-0.3, -0.25) is 4.57 Å². The van der Waals surface area contributed by atoms with Gasteiger partial charge in [-0.25, -0.2) is 0 Å². The predicted octanol–water partition coefficient (Wildman–Crippen LogP) is -7.39. The smallest absolute Gasteiger partial charge is 1.00 e. The number of hydrogen-bond donors (Lipinski definition) is 3. The molecule has 0 aliphatic carbocycles. The van der Waals surface area contributed by atoms with Crippen molar-refractivity contribution in [2.75, 3.05) is 0 Å². The molecule has 0 rings (SSSR count). The van der Waals surface area contributed by atoms with Crippen LogP contribution in [0.25, 0.3) is 0 Å². The Morgan fingerprint density at radius 1 is 1.22 bits per heavy atom. The summed E-state index contributed by atoms with van der Waals surface area (Å²) in [4.78, 5) is 22.9. The maximum Gasteiger partial charge on any atom is 3.00 e. The van der Waals surface area contributed by atoms with Crippen molar-refractivity contribution >= 4 is 7.82 Å². The normalized spacial score (nSPS) is 6.56. The first-order chi connectivity index (χ1) is 2.00. The van der Waals surface area contributed by atoms with E-state index < -0.39 is 7.82 Å². The molecule has 5 N–H and O–H groups in total. The van der Waals surface area contributed by atoms with Crippen LogP contribution >= 0.6 is 7.82 Å². The Kier molecular flexibility index (Phi) is 42.7. The third kappa shape index (κ3) is 1740. The molecule has 0 aromatic rings. The summed E-state index contributed by atoms with van der Waals surface area (Å²) in [5.74, 6) is 0. The van der Waals surface area contributed by atoms with Gasteiger partial charge in [-0.15, -0.1) is 0 Å². The topological polar surface area (TPSA) is 116 Å². The Balaban J connectivity index is -0.0000000133. The van der Waals surface area contributed by atoms with Gasteiger partial charge in [-0.2, -0.15) is 0 Å². The van der Waals surface area contributed by atoms with E-state index in [9.17, 15) is 0 Å². The van der Waals surface area contributed by atoms with Gasteiger partial charge < -0.3 is 30.2 Å². The Morgan fingerprint density at radius 2 is 1.22 bits per heavy atom. The fourth-order valence-corrected chi connectivity index (χ4v) is 0. The zero-order valence-electron chi connectivity index (χ0n) is 3.97. The monoisotopic (exact) mass is 208 g/mol. The Hall–Kier alpha value is 0.449. The van der Waals surface area contributed by atoms with E-state index in [1.807, 2.05) is 0 Å². The van der Waals surface area contributed by atoms with Crippen LogP contribution in [0.15, 0.2) is 0 Å². The molecule has 61 valence electrons. The molecular weight excluding hydrogens is 203 g/mol. The van der Waals surface area contributed by atoms with Crippen molar-refractivity contribution in [2.45, 2.75) is 0 Å². The fourth-order valence-electron chi connectivity index (χ4n) is 0. The fraction of sp³-hybridized carbons (Fsp3) is 0. The first-order valence-corrected chi connectivity index (χ1v) is 2.30. The van der Waals surface area contributed by atoms with Crippen LogP contribution in [0.5, 0.6) is 0 Å². The number of hydrogen-bond acceptors (Lipinski definition) is 3. The second-order valence-electron chi connectivity index (χ2n) is 0.491. The quantitative estimate of drug-likeness (QED) is 0.270. The third-order valence-electron chi connectivity index (χ3n) is 0. The summed E-state index contributed by atoms with van der Waals surface area (Å²) in [6.45, 7) is 0. The maximum absolute atomic E-state index is 8.77. The molecule has 0 unspecified atom stereocenters. The van der Waals surface area contributed by atoms with Crippen molar-refractivity contribution in [3.63, 3.8) is 0 Å². The van der Waals surface area contributed by atoms with E-state index in [0.717, 1.165) is 0 Å². The number of halogens is 2. The minimum Gasteiger partial charge on any atom is -1.00 e. The molecule has 0 heterocycles. The van der Waals surface area contributed by atoms with E-state index in [1.165, 1.54) is 0 Å². The van der Waals surface area contributed by atoms with Crippen LogP contribution in [-0.4, -0.2) is 9.79 Å². The summed E-state index contributed by atoms with van der Waals surface area (Å²) >= 11 is 0. The molecule has 0 aromatic heterocycles. The molecule has 0 bridgehead atoms. The van der Waals surface area contributed by atoms with Gasteiger partial charge in [0.05, 0.1) is 0 Å². The van der Waals surface area contributed by atoms with E-state index in [2.05, 4.69) is 0 Å². The molecule has 9 heteroatoms. The first-order valence-electron chi connectivity index (χ1n) is 0.765. The molecule has 0 aliphatic rings. The maximum atomic E-state index is 8.77. The van der Waals surface area contributed by atoms with Crippen LogP contribution in [0.3, 0.4) is 0 Å². The number of phosphoric acid groups is 1. The Labute approximate surface area is 60.5 Å². The van der Waals surface area contributed by atoms with Gasteiger partial charge in [0, 0.05) is 0 Å². The molecule has 0 saturated carbocycles. The molecule has 9 heavy (non-hydrogen) atoms. The van der Waals surface area contributed by atoms with Crippen molar-refractivity contribution < 1.29 is 45.7 Å². The van der Waals surface area contributed by atoms with Gasteiger partial charge in [0.25, 0.3) is 7.82 Å². The Morgan fingerprint density at radius 3 is 1.22 bits per heavy atom. The summed E-state index contributed by atoms with van der Waals surface area (Å²) in [7, 11) is -4.89. The number of rotatable bonds is 0. The average Bonchev–Trinajstić information content (AvgIpc) is 0.722. The van der Waals surface area contributed by atoms with Crippen LogP contribution in [0.4, 0.5) is 0 Å². The zero-order valence-corrected chi connectivity index (χ0v) is 5.97. The molecule has 0 atom stereocenters. The summed E-state index contributed by atoms with van der Waals surface area (Å²) in [6.07, 6.45) is 0. The van der Waals surface area contributed by atoms with Gasteiger partial charge in [0.15, 0.2) is 0 Å². The second-order valence-corrected chi connectivity index (χ2v) is 1.47. The molecule has 0 saturated heterocycles. The molecule has 0 aromatic carbocycles. The van der Waals surface area contributed by atoms with Gasteiger partial charge in [0.2, 0.25) is 0 Å². The third-order valence-corrected chi connectivity index (χ3v) is 0. The van der Waals surface area contributed by atoms with Crippen LogP contribution in [0.1, 0.15) is 0 Å². The van der Waals surface area contributed by atoms with Crippen LogP contribution in [0, 0.1) is 0 Å². The molecule has 0 spiro atoms. The summed E-state index contributed by atoms with van der Waals surface area (Å²) < 4.78 is 8.77. The summed E-state index contributed by atoms with van der Waals surface area (Å²) in [5, 5.41) is 0. The van der Waals surface area contributed by atoms with Crippen molar-refractivity contribution in [1.82, 2.24) is 6.15 Å². The first kappa shape index (κ1) is 34.1. The largest absolute Gasteiger partial charge is 3.00 e. The van der Waals surface area contributed by atoms with Gasteiger partial charge in [-0.1, -0.05) is 0 Å². The average molecular weight is 208 g/mol. The molecule has 0 amide bonds. The van der Waals surface area contributed by atoms with Crippen molar-refractivity contribution in [1.29, 1.82) is 0 Å². The van der Waals surface area contributed by atoms with Crippen LogP contribution in [-0.2, 0) is 21.6 Å². The summed E-state index contributed by atoms with van der Waals surface area (Å²) in [5.41, 5.74) is 0. The van der Waals surface area contributed by atoms with Gasteiger partial charge >= 0.3 is 17.1 Å². The van der Waals surface area contributed by atoms with Gasteiger partial charge in [-0.05, 0) is 0 Å². The van der Waals surface area contributed by atoms with Crippen LogP contribution < -0.4 is 20.5 Å². The molecule has 0 fully saturated rings. The van der Waals surface area contributed by atoms with Crippen molar-refractivity contribution in [2.24, 2.45) is 0 Å². The van der Waals surface area contributed by atoms with Gasteiger partial charge in [0.1, 0.15) is 0 Å². The predicted molar refractivity (Wildman–Crippen MR) is 17.1 cm³/mol. The standard InChI is InChI=1S/2FH.Fe.H3N.H3O4P/c;;;;1-5(2,3)4/h2*1H;;1H3;(H3,1,2,3,4)/q;;+3;;/p-3. The van der Waals surface area contributed by atoms with E-state index in [4.69, 9.17) is 19.2 Å². The minimum absolute atomic E-state index is 0.